The Labute approximate surface area is 181 Å². The molecule has 0 fully saturated rings. The molecule has 0 aliphatic rings. The number of nitrogens with one attached hydrogen (secondary N) is 3. The lowest BCUT2D eigenvalue weighted by Gasteiger charge is -2.11. The third-order valence-corrected chi connectivity index (χ3v) is 5.07. The Hall–Kier alpha value is -3.19. The van der Waals surface area contributed by atoms with E-state index in [9.17, 15) is 4.79 Å². The van der Waals surface area contributed by atoms with Gasteiger partial charge in [0.15, 0.2) is 0 Å². The van der Waals surface area contributed by atoms with Crippen molar-refractivity contribution in [3.05, 3.63) is 77.8 Å². The molecular formula is C23H27N5OS. The molecule has 0 aliphatic heterocycles. The molecular weight excluding hydrogens is 394 g/mol. The summed E-state index contributed by atoms with van der Waals surface area (Å²) < 4.78 is 5.32. The highest BCUT2D eigenvalue weighted by atomic mass is 32.2. The van der Waals surface area contributed by atoms with Crippen LogP contribution in [-0.4, -0.2) is 21.8 Å². The van der Waals surface area contributed by atoms with E-state index in [0.717, 1.165) is 45.8 Å². The van der Waals surface area contributed by atoms with Crippen molar-refractivity contribution in [2.24, 2.45) is 0 Å². The Morgan fingerprint density at radius 3 is 2.83 bits per heavy atom. The maximum absolute atomic E-state index is 12.4. The van der Waals surface area contributed by atoms with E-state index >= 15 is 0 Å². The molecule has 7 heteroatoms. The molecule has 0 aliphatic carbocycles. The predicted octanol–water partition coefficient (Wildman–Crippen LogP) is 5.77. The van der Waals surface area contributed by atoms with Crippen LogP contribution in [0.2, 0.25) is 0 Å². The average Bonchev–Trinajstić information content (AvgIpc) is 3.12. The lowest BCUT2D eigenvalue weighted by molar-refractivity contribution is 0.254. The molecule has 0 bridgehead atoms. The van der Waals surface area contributed by atoms with Crippen LogP contribution < -0.4 is 15.4 Å². The van der Waals surface area contributed by atoms with Crippen LogP contribution in [0.15, 0.2) is 72.2 Å². The largest absolute Gasteiger partial charge is 0.343 e. The molecule has 6 nitrogen and oxygen atoms in total. The number of nitrogens with zero attached hydrogens (tertiary/aromatic N) is 2. The molecule has 3 N–H and O–H groups in total. The minimum absolute atomic E-state index is 0.255. The van der Waals surface area contributed by atoms with E-state index in [4.69, 9.17) is 0 Å². The van der Waals surface area contributed by atoms with E-state index in [1.165, 1.54) is 11.9 Å². The van der Waals surface area contributed by atoms with Gasteiger partial charge in [0.05, 0.1) is 11.2 Å². The second-order valence-corrected chi connectivity index (χ2v) is 7.59. The summed E-state index contributed by atoms with van der Waals surface area (Å²) in [5.74, 6) is 0.840. The van der Waals surface area contributed by atoms with Gasteiger partial charge in [0.1, 0.15) is 5.82 Å². The van der Waals surface area contributed by atoms with Crippen molar-refractivity contribution in [1.82, 2.24) is 14.9 Å². The molecule has 30 heavy (non-hydrogen) atoms. The minimum Gasteiger partial charge on any atom is -0.343 e. The molecule has 0 saturated carbocycles. The quantitative estimate of drug-likeness (QED) is 0.335. The molecule has 2 aromatic heterocycles. The maximum Gasteiger partial charge on any atom is 0.323 e. The molecule has 2 heterocycles. The van der Waals surface area contributed by atoms with E-state index in [-0.39, 0.29) is 6.03 Å². The number of urea groups is 1. The number of rotatable bonds is 7. The van der Waals surface area contributed by atoms with Crippen molar-refractivity contribution in [2.45, 2.75) is 27.3 Å². The number of carbonyl (C=O) groups excluding carboxylic acids is 1. The fourth-order valence-electron chi connectivity index (χ4n) is 3.19. The summed E-state index contributed by atoms with van der Waals surface area (Å²) in [5.41, 5.74) is 4.87. The Morgan fingerprint density at radius 2 is 2.07 bits per heavy atom. The maximum atomic E-state index is 12.4. The van der Waals surface area contributed by atoms with Crippen LogP contribution >= 0.6 is 11.9 Å². The highest BCUT2D eigenvalue weighted by Gasteiger charge is 2.09. The zero-order chi connectivity index (χ0) is 21.5. The van der Waals surface area contributed by atoms with Crippen LogP contribution in [0.1, 0.15) is 26.3 Å². The lowest BCUT2D eigenvalue weighted by atomic mass is 10.2. The Kier molecular flexibility index (Phi) is 7.19. The number of benzene rings is 1. The third kappa shape index (κ3) is 5.45. The van der Waals surface area contributed by atoms with Crippen LogP contribution in [0, 0.1) is 0 Å². The minimum atomic E-state index is -0.255. The number of amides is 2. The number of carbonyl (C=O) groups is 1. The molecule has 0 unspecified atom stereocenters. The molecule has 156 valence electrons. The number of allylic oxidation sites excluding steroid dienone is 4. The van der Waals surface area contributed by atoms with Gasteiger partial charge in [-0.2, -0.15) is 0 Å². The van der Waals surface area contributed by atoms with E-state index < -0.39 is 0 Å². The van der Waals surface area contributed by atoms with Crippen LogP contribution in [0.25, 0.3) is 10.9 Å². The first-order chi connectivity index (χ1) is 14.5. The summed E-state index contributed by atoms with van der Waals surface area (Å²) in [7, 11) is 0. The molecule has 0 saturated heterocycles. The fraction of sp³-hybridized carbons (Fsp3) is 0.217. The summed E-state index contributed by atoms with van der Waals surface area (Å²) in [6.07, 6.45) is 9.75. The lowest BCUT2D eigenvalue weighted by Crippen LogP contribution is -2.27. The van der Waals surface area contributed by atoms with Gasteiger partial charge in [-0.3, -0.25) is 0 Å². The van der Waals surface area contributed by atoms with Crippen molar-refractivity contribution in [2.75, 3.05) is 16.3 Å². The normalized spacial score (nSPS) is 12.1. The summed E-state index contributed by atoms with van der Waals surface area (Å²) in [6, 6.07) is 11.7. The van der Waals surface area contributed by atoms with E-state index in [0.29, 0.717) is 0 Å². The van der Waals surface area contributed by atoms with Gasteiger partial charge in [-0.1, -0.05) is 29.7 Å². The van der Waals surface area contributed by atoms with Crippen molar-refractivity contribution in [1.29, 1.82) is 0 Å². The molecule has 0 atom stereocenters. The van der Waals surface area contributed by atoms with Gasteiger partial charge in [0.2, 0.25) is 0 Å². The van der Waals surface area contributed by atoms with Gasteiger partial charge in [0, 0.05) is 36.3 Å². The predicted molar refractivity (Wildman–Crippen MR) is 128 cm³/mol. The topological polar surface area (TPSA) is 71.0 Å². The highest BCUT2D eigenvalue weighted by Crippen LogP contribution is 2.25. The molecule has 0 spiro atoms. The number of aromatic nitrogens is 2. The van der Waals surface area contributed by atoms with Gasteiger partial charge < -0.3 is 19.9 Å². The smallest absolute Gasteiger partial charge is 0.323 e. The standard InChI is InChI=1S/C23H27N5OS/c1-5-16(2)13-17(3)25-23(29)26-20-7-6-8-21-19(20)10-12-28(21)15-18-9-11-24-22(14-18)27-30-4/h5-14H,15H2,1-4H3,(H,24,27)(H2,25,26,29)/b16-5-,17-13+. The molecule has 2 amide bonds. The first kappa shape index (κ1) is 21.5. The number of fused-ring (bicyclic) bond motifs is 1. The van der Waals surface area contributed by atoms with Gasteiger partial charge in [0.25, 0.3) is 0 Å². The van der Waals surface area contributed by atoms with E-state index in [1.807, 2.05) is 81.9 Å². The van der Waals surface area contributed by atoms with Gasteiger partial charge in [-0.15, -0.1) is 0 Å². The Morgan fingerprint density at radius 1 is 1.23 bits per heavy atom. The van der Waals surface area contributed by atoms with E-state index in [2.05, 4.69) is 31.0 Å². The fourth-order valence-corrected chi connectivity index (χ4v) is 3.51. The van der Waals surface area contributed by atoms with E-state index in [1.54, 1.807) is 0 Å². The Bertz CT molecular complexity index is 1100. The van der Waals surface area contributed by atoms with Crippen LogP contribution in [0.4, 0.5) is 16.3 Å². The zero-order valence-corrected chi connectivity index (χ0v) is 18.5. The van der Waals surface area contributed by atoms with Crippen LogP contribution in [0.5, 0.6) is 0 Å². The third-order valence-electron chi connectivity index (χ3n) is 4.66. The van der Waals surface area contributed by atoms with Crippen LogP contribution in [-0.2, 0) is 6.54 Å². The average molecular weight is 422 g/mol. The Balaban J connectivity index is 1.78. The molecule has 1 aromatic carbocycles. The molecule has 0 radical (unpaired) electrons. The summed E-state index contributed by atoms with van der Waals surface area (Å²) in [5, 5.41) is 6.83. The number of anilines is 2. The molecule has 3 aromatic rings. The summed E-state index contributed by atoms with van der Waals surface area (Å²) in [4.78, 5) is 16.7. The molecule has 3 rings (SSSR count). The first-order valence-electron chi connectivity index (χ1n) is 9.71. The van der Waals surface area contributed by atoms with Crippen molar-refractivity contribution >= 4 is 40.4 Å². The SMILES string of the molecule is C/C=C(C)\C=C(/C)NC(=O)Nc1cccc2c1ccn2Cc1ccnc(NSC)c1. The van der Waals surface area contributed by atoms with Gasteiger partial charge >= 0.3 is 6.03 Å². The number of pyridine rings is 1. The second-order valence-electron chi connectivity index (χ2n) is 6.98. The number of hydrogen-bond donors (Lipinski definition) is 3. The van der Waals surface area contributed by atoms with Gasteiger partial charge in [-0.25, -0.2) is 9.78 Å². The highest BCUT2D eigenvalue weighted by molar-refractivity contribution is 7.99. The van der Waals surface area contributed by atoms with Crippen molar-refractivity contribution < 1.29 is 4.79 Å². The van der Waals surface area contributed by atoms with Crippen LogP contribution in [0.3, 0.4) is 0 Å². The first-order valence-corrected chi connectivity index (χ1v) is 10.9. The van der Waals surface area contributed by atoms with Crippen molar-refractivity contribution in [3.8, 4) is 0 Å². The second kappa shape index (κ2) is 10.0. The van der Waals surface area contributed by atoms with Gasteiger partial charge in [-0.05, 0) is 62.7 Å². The zero-order valence-electron chi connectivity index (χ0n) is 17.7. The summed E-state index contributed by atoms with van der Waals surface area (Å²) >= 11 is 1.52. The number of hydrogen-bond acceptors (Lipinski definition) is 4. The monoisotopic (exact) mass is 421 g/mol. The summed E-state index contributed by atoms with van der Waals surface area (Å²) in [6.45, 7) is 6.56. The van der Waals surface area contributed by atoms with Crippen molar-refractivity contribution in [3.63, 3.8) is 0 Å².